The minimum absolute atomic E-state index is 0.0524. The molecule has 72 valence electrons. The summed E-state index contributed by atoms with van der Waals surface area (Å²) in [6, 6.07) is 3.28. The van der Waals surface area contributed by atoms with Gasteiger partial charge in [0.05, 0.1) is 0 Å². The van der Waals surface area contributed by atoms with E-state index in [1.54, 1.807) is 12.1 Å². The normalized spacial score (nSPS) is 10.6. The Hall–Kier alpha value is -1.97. The molecule has 0 aliphatic carbocycles. The summed E-state index contributed by atoms with van der Waals surface area (Å²) in [5.74, 6) is -0.673. The predicted octanol–water partition coefficient (Wildman–Crippen LogP) is 1.66. The minimum atomic E-state index is -0.325. The first-order valence-corrected chi connectivity index (χ1v) is 4.11. The maximum absolute atomic E-state index is 9.65. The van der Waals surface area contributed by atoms with Gasteiger partial charge < -0.3 is 15.3 Å². The molecule has 0 aliphatic heterocycles. The highest BCUT2D eigenvalue weighted by molar-refractivity contribution is 5.93. The third-order valence-electron chi connectivity index (χ3n) is 2.22. The second-order valence-electron chi connectivity index (χ2n) is 3.07. The molecule has 0 bridgehead atoms. The Kier molecular flexibility index (Phi) is 1.70. The van der Waals surface area contributed by atoms with Crippen molar-refractivity contribution in [1.82, 2.24) is 4.98 Å². The summed E-state index contributed by atoms with van der Waals surface area (Å²) in [6.07, 6.45) is 1.48. The fourth-order valence-electron chi connectivity index (χ4n) is 1.39. The van der Waals surface area contributed by atoms with Gasteiger partial charge in [0.1, 0.15) is 11.3 Å². The summed E-state index contributed by atoms with van der Waals surface area (Å²) in [5.41, 5.74) is 0.455. The highest BCUT2D eigenvalue weighted by atomic mass is 16.3. The van der Waals surface area contributed by atoms with Gasteiger partial charge in [-0.05, 0) is 19.1 Å². The van der Waals surface area contributed by atoms with Crippen molar-refractivity contribution in [3.05, 3.63) is 23.9 Å². The lowest BCUT2D eigenvalue weighted by Crippen LogP contribution is -1.84. The van der Waals surface area contributed by atoms with Crippen LogP contribution >= 0.6 is 0 Å². The summed E-state index contributed by atoms with van der Waals surface area (Å²) >= 11 is 0. The van der Waals surface area contributed by atoms with Crippen LogP contribution in [0.25, 0.3) is 10.9 Å². The summed E-state index contributed by atoms with van der Waals surface area (Å²) < 4.78 is 0. The molecular formula is C10H9NO3. The van der Waals surface area contributed by atoms with Crippen LogP contribution < -0.4 is 0 Å². The maximum Gasteiger partial charge on any atom is 0.184 e. The summed E-state index contributed by atoms with van der Waals surface area (Å²) in [5, 5.41) is 29.1. The van der Waals surface area contributed by atoms with E-state index in [2.05, 4.69) is 4.98 Å². The molecule has 0 amide bonds. The molecule has 0 spiro atoms. The van der Waals surface area contributed by atoms with E-state index < -0.39 is 0 Å². The molecule has 1 aromatic heterocycles. The van der Waals surface area contributed by atoms with Crippen LogP contribution in [0.5, 0.6) is 17.2 Å². The molecule has 1 heterocycles. The van der Waals surface area contributed by atoms with Crippen LogP contribution in [-0.2, 0) is 0 Å². The highest BCUT2D eigenvalue weighted by Gasteiger charge is 2.15. The van der Waals surface area contributed by atoms with Crippen LogP contribution in [0.2, 0.25) is 0 Å². The molecule has 4 heteroatoms. The first-order chi connectivity index (χ1) is 6.63. The predicted molar refractivity (Wildman–Crippen MR) is 51.5 cm³/mol. The van der Waals surface area contributed by atoms with Gasteiger partial charge in [0.2, 0.25) is 0 Å². The lowest BCUT2D eigenvalue weighted by molar-refractivity contribution is 0.397. The maximum atomic E-state index is 9.65. The molecule has 14 heavy (non-hydrogen) atoms. The number of phenolic OH excluding ortho intramolecular Hbond substituents is 3. The van der Waals surface area contributed by atoms with Crippen molar-refractivity contribution in [2.24, 2.45) is 0 Å². The Morgan fingerprint density at radius 3 is 2.50 bits per heavy atom. The molecule has 0 saturated heterocycles. The third-order valence-corrected chi connectivity index (χ3v) is 2.22. The van der Waals surface area contributed by atoms with Crippen molar-refractivity contribution in [3.8, 4) is 17.2 Å². The van der Waals surface area contributed by atoms with E-state index in [0.29, 0.717) is 5.39 Å². The first kappa shape index (κ1) is 8.62. The standard InChI is InChI=1S/C10H9NO3/c1-5-8(12)6-3-2-4-11-7(6)10(14)9(5)13/h2-4,12-14H,1H3. The molecule has 0 saturated carbocycles. The number of nitrogens with zero attached hydrogens (tertiary/aromatic N) is 1. The van der Waals surface area contributed by atoms with Crippen LogP contribution in [0.4, 0.5) is 0 Å². The first-order valence-electron chi connectivity index (χ1n) is 4.11. The molecule has 0 radical (unpaired) electrons. The molecule has 0 atom stereocenters. The number of hydrogen-bond donors (Lipinski definition) is 3. The van der Waals surface area contributed by atoms with Gasteiger partial charge in [0, 0.05) is 17.1 Å². The molecule has 2 aromatic rings. The van der Waals surface area contributed by atoms with Crippen molar-refractivity contribution in [3.63, 3.8) is 0 Å². The number of aromatic hydroxyl groups is 3. The van der Waals surface area contributed by atoms with E-state index in [0.717, 1.165) is 0 Å². The second kappa shape index (κ2) is 2.77. The van der Waals surface area contributed by atoms with Crippen molar-refractivity contribution in [2.75, 3.05) is 0 Å². The van der Waals surface area contributed by atoms with Gasteiger partial charge in [-0.3, -0.25) is 4.98 Å². The molecule has 0 fully saturated rings. The number of pyridine rings is 1. The van der Waals surface area contributed by atoms with E-state index in [1.165, 1.54) is 13.1 Å². The smallest absolute Gasteiger partial charge is 0.184 e. The Bertz CT molecular complexity index is 462. The Labute approximate surface area is 80.1 Å². The number of rotatable bonds is 0. The van der Waals surface area contributed by atoms with E-state index in [1.807, 2.05) is 0 Å². The van der Waals surface area contributed by atoms with Gasteiger partial charge in [-0.25, -0.2) is 0 Å². The van der Waals surface area contributed by atoms with Gasteiger partial charge in [-0.15, -0.1) is 0 Å². The zero-order valence-electron chi connectivity index (χ0n) is 7.52. The van der Waals surface area contributed by atoms with Crippen LogP contribution in [0.15, 0.2) is 18.3 Å². The minimum Gasteiger partial charge on any atom is -0.507 e. The Morgan fingerprint density at radius 2 is 1.79 bits per heavy atom. The lowest BCUT2D eigenvalue weighted by atomic mass is 10.1. The van der Waals surface area contributed by atoms with Gasteiger partial charge in [-0.2, -0.15) is 0 Å². The molecule has 0 aliphatic rings. The molecule has 2 rings (SSSR count). The number of phenols is 3. The SMILES string of the molecule is Cc1c(O)c(O)c2ncccc2c1O. The van der Waals surface area contributed by atoms with Gasteiger partial charge in [-0.1, -0.05) is 0 Å². The number of aromatic nitrogens is 1. The highest BCUT2D eigenvalue weighted by Crippen LogP contribution is 2.41. The van der Waals surface area contributed by atoms with Crippen molar-refractivity contribution in [2.45, 2.75) is 6.92 Å². The fourth-order valence-corrected chi connectivity index (χ4v) is 1.39. The van der Waals surface area contributed by atoms with Crippen LogP contribution in [-0.4, -0.2) is 20.3 Å². The molecule has 3 N–H and O–H groups in total. The Morgan fingerprint density at radius 1 is 1.07 bits per heavy atom. The summed E-state index contributed by atoms with van der Waals surface area (Å²) in [7, 11) is 0. The average molecular weight is 191 g/mol. The van der Waals surface area contributed by atoms with Gasteiger partial charge in [0.25, 0.3) is 0 Å². The molecule has 1 aromatic carbocycles. The largest absolute Gasteiger partial charge is 0.507 e. The summed E-state index contributed by atoms with van der Waals surface area (Å²) in [4.78, 5) is 3.87. The van der Waals surface area contributed by atoms with Crippen molar-refractivity contribution in [1.29, 1.82) is 0 Å². The number of hydrogen-bond acceptors (Lipinski definition) is 4. The van der Waals surface area contributed by atoms with Gasteiger partial charge in [0.15, 0.2) is 11.5 Å². The van der Waals surface area contributed by atoms with E-state index in [9.17, 15) is 15.3 Å². The summed E-state index contributed by atoms with van der Waals surface area (Å²) in [6.45, 7) is 1.52. The number of fused-ring (bicyclic) bond motifs is 1. The monoisotopic (exact) mass is 191 g/mol. The van der Waals surface area contributed by atoms with Gasteiger partial charge >= 0.3 is 0 Å². The van der Waals surface area contributed by atoms with E-state index in [4.69, 9.17) is 0 Å². The Balaban J connectivity index is 3.02. The lowest BCUT2D eigenvalue weighted by Gasteiger charge is -2.08. The third kappa shape index (κ3) is 0.970. The zero-order chi connectivity index (χ0) is 10.3. The quantitative estimate of drug-likeness (QED) is 0.437. The average Bonchev–Trinajstić information content (AvgIpc) is 2.23. The second-order valence-corrected chi connectivity index (χ2v) is 3.07. The topological polar surface area (TPSA) is 73.6 Å². The van der Waals surface area contributed by atoms with E-state index >= 15 is 0 Å². The van der Waals surface area contributed by atoms with Crippen LogP contribution in [0.3, 0.4) is 0 Å². The zero-order valence-corrected chi connectivity index (χ0v) is 7.52. The van der Waals surface area contributed by atoms with Crippen LogP contribution in [0, 0.1) is 6.92 Å². The van der Waals surface area contributed by atoms with Crippen molar-refractivity contribution >= 4 is 10.9 Å². The molecule has 4 nitrogen and oxygen atoms in total. The molecule has 0 unspecified atom stereocenters. The van der Waals surface area contributed by atoms with E-state index in [-0.39, 0.29) is 28.3 Å². The van der Waals surface area contributed by atoms with Crippen LogP contribution in [0.1, 0.15) is 5.56 Å². The number of benzene rings is 1. The fraction of sp³-hybridized carbons (Fsp3) is 0.100. The van der Waals surface area contributed by atoms with Crippen molar-refractivity contribution < 1.29 is 15.3 Å². The molecular weight excluding hydrogens is 182 g/mol.